The first-order valence-corrected chi connectivity index (χ1v) is 7.55. The van der Waals surface area contributed by atoms with Crippen LogP contribution in [0.15, 0.2) is 22.7 Å². The van der Waals surface area contributed by atoms with Crippen molar-refractivity contribution in [3.05, 3.63) is 28.2 Å². The van der Waals surface area contributed by atoms with E-state index < -0.39 is 27.5 Å². The highest BCUT2D eigenvalue weighted by Gasteiger charge is 2.15. The van der Waals surface area contributed by atoms with E-state index in [9.17, 15) is 18.0 Å². The average molecular weight is 336 g/mol. The summed E-state index contributed by atoms with van der Waals surface area (Å²) in [5.41, 5.74) is -0.0643. The van der Waals surface area contributed by atoms with Gasteiger partial charge in [0.05, 0.1) is 11.3 Å². The van der Waals surface area contributed by atoms with Crippen molar-refractivity contribution in [3.63, 3.8) is 0 Å². The van der Waals surface area contributed by atoms with Crippen molar-refractivity contribution in [2.24, 2.45) is 0 Å². The number of carboxylic acids is 1. The second-order valence-electron chi connectivity index (χ2n) is 3.61. The monoisotopic (exact) mass is 335 g/mol. The normalized spacial score (nSPS) is 11.0. The minimum Gasteiger partial charge on any atom is -0.478 e. The van der Waals surface area contributed by atoms with E-state index in [0.717, 1.165) is 6.26 Å². The van der Waals surface area contributed by atoms with E-state index in [4.69, 9.17) is 5.11 Å². The second-order valence-corrected chi connectivity index (χ2v) is 6.67. The topological polar surface area (TPSA) is 101 Å². The van der Waals surface area contributed by atoms with Gasteiger partial charge in [-0.25, -0.2) is 13.2 Å². The van der Waals surface area contributed by atoms with Crippen molar-refractivity contribution in [1.29, 1.82) is 0 Å². The molecule has 6 nitrogen and oxygen atoms in total. The molecule has 0 atom stereocenters. The molecular weight excluding hydrogens is 326 g/mol. The maximum absolute atomic E-state index is 11.4. The average Bonchev–Trinajstić information content (AvgIpc) is 2.13. The molecule has 0 heterocycles. The molecule has 0 aliphatic rings. The summed E-state index contributed by atoms with van der Waals surface area (Å²) in [6.45, 7) is 0. The first-order valence-electron chi connectivity index (χ1n) is 4.69. The number of rotatable bonds is 4. The standard InChI is InChI=1S/C10H10BrNO5S/c1-18(16,17)5-9(13)12-8-4-6(11)2-3-7(8)10(14)15/h2-4H,5H2,1H3,(H,12,13)(H,14,15). The minimum absolute atomic E-state index is 0.0468. The first-order chi connectivity index (χ1) is 8.19. The summed E-state index contributed by atoms with van der Waals surface area (Å²) in [7, 11) is -3.46. The number of hydrogen-bond acceptors (Lipinski definition) is 4. The van der Waals surface area contributed by atoms with Gasteiger partial charge in [0, 0.05) is 10.7 Å². The van der Waals surface area contributed by atoms with Gasteiger partial charge in [0.15, 0.2) is 9.84 Å². The van der Waals surface area contributed by atoms with Crippen molar-refractivity contribution in [1.82, 2.24) is 0 Å². The van der Waals surface area contributed by atoms with Gasteiger partial charge in [0.1, 0.15) is 5.75 Å². The maximum Gasteiger partial charge on any atom is 0.337 e. The van der Waals surface area contributed by atoms with Crippen molar-refractivity contribution in [2.75, 3.05) is 17.3 Å². The van der Waals surface area contributed by atoms with Gasteiger partial charge < -0.3 is 10.4 Å². The Kier molecular flexibility index (Phi) is 4.47. The highest BCUT2D eigenvalue weighted by Crippen LogP contribution is 2.21. The lowest BCUT2D eigenvalue weighted by molar-refractivity contribution is -0.113. The summed E-state index contributed by atoms with van der Waals surface area (Å²) in [4.78, 5) is 22.3. The second kappa shape index (κ2) is 5.49. The van der Waals surface area contributed by atoms with Gasteiger partial charge in [-0.2, -0.15) is 0 Å². The SMILES string of the molecule is CS(=O)(=O)CC(=O)Nc1cc(Br)ccc1C(=O)O. The number of carbonyl (C=O) groups excluding carboxylic acids is 1. The lowest BCUT2D eigenvalue weighted by atomic mass is 10.2. The summed E-state index contributed by atoms with van der Waals surface area (Å²) in [6, 6.07) is 4.21. The zero-order valence-corrected chi connectivity index (χ0v) is 11.7. The van der Waals surface area contributed by atoms with Crippen LogP contribution < -0.4 is 5.32 Å². The number of benzene rings is 1. The molecule has 0 bridgehead atoms. The molecule has 18 heavy (non-hydrogen) atoms. The van der Waals surface area contributed by atoms with Crippen LogP contribution in [0.4, 0.5) is 5.69 Å². The van der Waals surface area contributed by atoms with Gasteiger partial charge in [-0.3, -0.25) is 4.79 Å². The molecule has 0 unspecified atom stereocenters. The molecule has 0 saturated heterocycles. The molecule has 0 fully saturated rings. The molecule has 0 saturated carbocycles. The first kappa shape index (κ1) is 14.7. The van der Waals surface area contributed by atoms with E-state index in [0.29, 0.717) is 4.47 Å². The van der Waals surface area contributed by atoms with Gasteiger partial charge in [-0.05, 0) is 18.2 Å². The third-order valence-electron chi connectivity index (χ3n) is 1.88. The van der Waals surface area contributed by atoms with Gasteiger partial charge in [-0.1, -0.05) is 15.9 Å². The quantitative estimate of drug-likeness (QED) is 0.858. The zero-order valence-electron chi connectivity index (χ0n) is 9.31. The smallest absolute Gasteiger partial charge is 0.337 e. The van der Waals surface area contributed by atoms with Crippen molar-refractivity contribution >= 4 is 43.3 Å². The molecule has 2 N–H and O–H groups in total. The van der Waals surface area contributed by atoms with E-state index in [-0.39, 0.29) is 11.3 Å². The number of carbonyl (C=O) groups is 2. The number of carboxylic acid groups (broad SMARTS) is 1. The molecule has 0 aromatic heterocycles. The number of amides is 1. The van der Waals surface area contributed by atoms with Gasteiger partial charge >= 0.3 is 5.97 Å². The summed E-state index contributed by atoms with van der Waals surface area (Å²) >= 11 is 3.13. The highest BCUT2D eigenvalue weighted by atomic mass is 79.9. The Balaban J connectivity index is 3.00. The van der Waals surface area contributed by atoms with Crippen LogP contribution in [-0.4, -0.2) is 37.4 Å². The molecule has 0 spiro atoms. The van der Waals surface area contributed by atoms with E-state index in [1.165, 1.54) is 18.2 Å². The Hall–Kier alpha value is -1.41. The molecule has 8 heteroatoms. The number of sulfone groups is 1. The molecule has 1 amide bonds. The summed E-state index contributed by atoms with van der Waals surface area (Å²) in [5, 5.41) is 11.2. The lowest BCUT2D eigenvalue weighted by Crippen LogP contribution is -2.23. The van der Waals surface area contributed by atoms with E-state index >= 15 is 0 Å². The predicted molar refractivity (Wildman–Crippen MR) is 69.4 cm³/mol. The summed E-state index contributed by atoms with van der Waals surface area (Å²) < 4.78 is 22.4. The molecule has 0 aliphatic heterocycles. The van der Waals surface area contributed by atoms with Crippen molar-refractivity contribution in [2.45, 2.75) is 0 Å². The fourth-order valence-corrected chi connectivity index (χ4v) is 2.14. The van der Waals surface area contributed by atoms with Gasteiger partial charge in [0.2, 0.25) is 5.91 Å². The Bertz CT molecular complexity index is 596. The summed E-state index contributed by atoms with van der Waals surface area (Å²) in [5.74, 6) is -2.69. The fraction of sp³-hybridized carbons (Fsp3) is 0.200. The third-order valence-corrected chi connectivity index (χ3v) is 3.16. The van der Waals surface area contributed by atoms with E-state index in [2.05, 4.69) is 21.2 Å². The van der Waals surface area contributed by atoms with Gasteiger partial charge in [0.25, 0.3) is 0 Å². The number of halogens is 1. The van der Waals surface area contributed by atoms with Gasteiger partial charge in [-0.15, -0.1) is 0 Å². The van der Waals surface area contributed by atoms with Crippen LogP contribution in [0.5, 0.6) is 0 Å². The molecule has 1 rings (SSSR count). The predicted octanol–water partition coefficient (Wildman–Crippen LogP) is 1.13. The van der Waals surface area contributed by atoms with E-state index in [1.807, 2.05) is 0 Å². The minimum atomic E-state index is -3.46. The fourth-order valence-electron chi connectivity index (χ4n) is 1.23. The number of hydrogen-bond donors (Lipinski definition) is 2. The van der Waals surface area contributed by atoms with Crippen LogP contribution in [0, 0.1) is 0 Å². The molecule has 1 aromatic rings. The lowest BCUT2D eigenvalue weighted by Gasteiger charge is -2.08. The van der Waals surface area contributed by atoms with Crippen LogP contribution >= 0.6 is 15.9 Å². The molecule has 0 aliphatic carbocycles. The number of anilines is 1. The van der Waals surface area contributed by atoms with Crippen LogP contribution in [0.25, 0.3) is 0 Å². The Labute approximate surface area is 112 Å². The van der Waals surface area contributed by atoms with Crippen LogP contribution in [-0.2, 0) is 14.6 Å². The van der Waals surface area contributed by atoms with Crippen LogP contribution in [0.2, 0.25) is 0 Å². The highest BCUT2D eigenvalue weighted by molar-refractivity contribution is 9.10. The number of aromatic carboxylic acids is 1. The third kappa shape index (κ3) is 4.46. The molecular formula is C10H10BrNO5S. The zero-order chi connectivity index (χ0) is 13.9. The molecule has 1 aromatic carbocycles. The Morgan fingerprint density at radius 1 is 1.39 bits per heavy atom. The number of nitrogens with one attached hydrogen (secondary N) is 1. The Morgan fingerprint density at radius 2 is 2.00 bits per heavy atom. The molecule has 0 radical (unpaired) electrons. The van der Waals surface area contributed by atoms with Crippen molar-refractivity contribution < 1.29 is 23.1 Å². The maximum atomic E-state index is 11.4. The largest absolute Gasteiger partial charge is 0.478 e. The van der Waals surface area contributed by atoms with Crippen LogP contribution in [0.3, 0.4) is 0 Å². The van der Waals surface area contributed by atoms with Crippen molar-refractivity contribution in [3.8, 4) is 0 Å². The van der Waals surface area contributed by atoms with E-state index in [1.54, 1.807) is 0 Å². The van der Waals surface area contributed by atoms with Crippen LogP contribution in [0.1, 0.15) is 10.4 Å². The molecule has 98 valence electrons. The Morgan fingerprint density at radius 3 is 2.50 bits per heavy atom. The summed E-state index contributed by atoms with van der Waals surface area (Å²) in [6.07, 6.45) is 0.922.